The van der Waals surface area contributed by atoms with Gasteiger partial charge in [0.25, 0.3) is 0 Å². The average molecular weight is 355 g/mol. The summed E-state index contributed by atoms with van der Waals surface area (Å²) < 4.78 is 26.7. The van der Waals surface area contributed by atoms with Crippen molar-refractivity contribution in [3.05, 3.63) is 27.8 Å². The minimum Gasteiger partial charge on any atom is -0.396 e. The van der Waals surface area contributed by atoms with Crippen molar-refractivity contribution in [2.24, 2.45) is 0 Å². The molecule has 90 valence electrons. The number of halogens is 1. The second kappa shape index (κ2) is 6.41. The lowest BCUT2D eigenvalue weighted by atomic mass is 10.3. The summed E-state index contributed by atoms with van der Waals surface area (Å²) in [5.74, 6) is 0.0407. The fraction of sp³-hybridized carbons (Fsp3) is 0.400. The molecule has 0 saturated heterocycles. The molecule has 0 atom stereocenters. The number of hydrogen-bond donors (Lipinski definition) is 2. The molecule has 0 bridgehead atoms. The number of rotatable bonds is 6. The summed E-state index contributed by atoms with van der Waals surface area (Å²) in [5, 5.41) is 8.57. The Morgan fingerprint density at radius 1 is 1.31 bits per heavy atom. The van der Waals surface area contributed by atoms with Gasteiger partial charge in [0, 0.05) is 15.9 Å². The van der Waals surface area contributed by atoms with Crippen LogP contribution in [-0.2, 0) is 10.0 Å². The molecule has 0 fully saturated rings. The van der Waals surface area contributed by atoms with E-state index >= 15 is 0 Å². The fourth-order valence-electron chi connectivity index (χ4n) is 1.19. The van der Waals surface area contributed by atoms with Gasteiger partial charge in [0.2, 0.25) is 10.0 Å². The molecule has 16 heavy (non-hydrogen) atoms. The number of aliphatic hydroxyl groups is 1. The van der Waals surface area contributed by atoms with Crippen LogP contribution < -0.4 is 4.72 Å². The zero-order valence-corrected chi connectivity index (χ0v) is 11.7. The van der Waals surface area contributed by atoms with Crippen molar-refractivity contribution in [3.8, 4) is 0 Å². The Bertz CT molecular complexity index is 433. The van der Waals surface area contributed by atoms with E-state index in [1.807, 2.05) is 6.07 Å². The van der Waals surface area contributed by atoms with Crippen LogP contribution in [0.5, 0.6) is 0 Å². The topological polar surface area (TPSA) is 66.4 Å². The van der Waals surface area contributed by atoms with E-state index in [1.165, 1.54) is 0 Å². The smallest absolute Gasteiger partial charge is 0.232 e. The van der Waals surface area contributed by atoms with Gasteiger partial charge in [-0.15, -0.1) is 0 Å². The number of aliphatic hydroxyl groups excluding tert-OH is 1. The van der Waals surface area contributed by atoms with E-state index in [4.69, 9.17) is 5.11 Å². The minimum absolute atomic E-state index is 0.0265. The van der Waals surface area contributed by atoms with Crippen molar-refractivity contribution in [3.63, 3.8) is 0 Å². The standard InChI is InChI=1S/C10H14INO3S/c11-9-4-3-5-10(8-9)12-16(14,15)7-2-1-6-13/h3-5,8,12-13H,1-2,6-7H2. The predicted octanol–water partition coefficient (Wildman–Crippen LogP) is 1.81. The van der Waals surface area contributed by atoms with Crippen LogP contribution in [0.4, 0.5) is 5.69 Å². The molecule has 0 aliphatic carbocycles. The van der Waals surface area contributed by atoms with Crippen molar-refractivity contribution >= 4 is 38.3 Å². The third-order valence-electron chi connectivity index (χ3n) is 1.92. The highest BCUT2D eigenvalue weighted by atomic mass is 127. The van der Waals surface area contributed by atoms with Gasteiger partial charge in [-0.2, -0.15) is 0 Å². The van der Waals surface area contributed by atoms with E-state index in [1.54, 1.807) is 18.2 Å². The van der Waals surface area contributed by atoms with Crippen molar-refractivity contribution in [2.75, 3.05) is 17.1 Å². The van der Waals surface area contributed by atoms with Crippen LogP contribution in [0.3, 0.4) is 0 Å². The van der Waals surface area contributed by atoms with Crippen LogP contribution in [0.15, 0.2) is 24.3 Å². The molecular weight excluding hydrogens is 341 g/mol. The molecule has 1 aromatic carbocycles. The largest absolute Gasteiger partial charge is 0.396 e. The number of nitrogens with one attached hydrogen (secondary N) is 1. The first-order chi connectivity index (χ1) is 7.53. The van der Waals surface area contributed by atoms with Crippen molar-refractivity contribution in [1.82, 2.24) is 0 Å². The summed E-state index contributed by atoms with van der Waals surface area (Å²) in [6, 6.07) is 7.17. The van der Waals surface area contributed by atoms with Gasteiger partial charge in [-0.05, 0) is 53.6 Å². The second-order valence-electron chi connectivity index (χ2n) is 3.36. The Labute approximate surface area is 109 Å². The number of anilines is 1. The van der Waals surface area contributed by atoms with Crippen LogP contribution >= 0.6 is 22.6 Å². The zero-order chi connectivity index (χ0) is 12.0. The Balaban J connectivity index is 2.59. The highest BCUT2D eigenvalue weighted by molar-refractivity contribution is 14.1. The predicted molar refractivity (Wildman–Crippen MR) is 72.9 cm³/mol. The molecule has 0 heterocycles. The summed E-state index contributed by atoms with van der Waals surface area (Å²) in [7, 11) is -3.29. The van der Waals surface area contributed by atoms with Gasteiger partial charge in [0.05, 0.1) is 5.75 Å². The molecular formula is C10H14INO3S. The molecule has 0 aliphatic rings. The lowest BCUT2D eigenvalue weighted by Gasteiger charge is -2.07. The molecule has 0 aromatic heterocycles. The van der Waals surface area contributed by atoms with Crippen molar-refractivity contribution in [2.45, 2.75) is 12.8 Å². The van der Waals surface area contributed by atoms with Gasteiger partial charge in [0.1, 0.15) is 0 Å². The van der Waals surface area contributed by atoms with E-state index < -0.39 is 10.0 Å². The van der Waals surface area contributed by atoms with E-state index in [0.717, 1.165) is 3.57 Å². The molecule has 6 heteroatoms. The Hall–Kier alpha value is -0.340. The third kappa shape index (κ3) is 5.13. The van der Waals surface area contributed by atoms with Crippen LogP contribution in [0.2, 0.25) is 0 Å². The monoisotopic (exact) mass is 355 g/mol. The SMILES string of the molecule is O=S(=O)(CCCCO)Nc1cccc(I)c1. The lowest BCUT2D eigenvalue weighted by Crippen LogP contribution is -2.16. The summed E-state index contributed by atoms with van der Waals surface area (Å²) in [4.78, 5) is 0. The van der Waals surface area contributed by atoms with Gasteiger partial charge >= 0.3 is 0 Å². The maximum Gasteiger partial charge on any atom is 0.232 e. The highest BCUT2D eigenvalue weighted by Gasteiger charge is 2.09. The minimum atomic E-state index is -3.29. The fourth-order valence-corrected chi connectivity index (χ4v) is 2.90. The van der Waals surface area contributed by atoms with Gasteiger partial charge in [-0.1, -0.05) is 6.07 Å². The molecule has 2 N–H and O–H groups in total. The van der Waals surface area contributed by atoms with E-state index in [2.05, 4.69) is 27.3 Å². The maximum absolute atomic E-state index is 11.6. The molecule has 1 rings (SSSR count). The molecule has 4 nitrogen and oxygen atoms in total. The molecule has 0 saturated carbocycles. The summed E-state index contributed by atoms with van der Waals surface area (Å²) >= 11 is 2.12. The first-order valence-corrected chi connectivity index (χ1v) is 7.63. The quantitative estimate of drug-likeness (QED) is 0.604. The van der Waals surface area contributed by atoms with Crippen LogP contribution in [0.1, 0.15) is 12.8 Å². The molecule has 0 radical (unpaired) electrons. The number of sulfonamides is 1. The van der Waals surface area contributed by atoms with Crippen LogP contribution in [0, 0.1) is 3.57 Å². The zero-order valence-electron chi connectivity index (χ0n) is 8.69. The molecule has 0 spiro atoms. The van der Waals surface area contributed by atoms with Gasteiger partial charge in [0.15, 0.2) is 0 Å². The third-order valence-corrected chi connectivity index (χ3v) is 3.96. The van der Waals surface area contributed by atoms with Crippen LogP contribution in [0.25, 0.3) is 0 Å². The lowest BCUT2D eigenvalue weighted by molar-refractivity contribution is 0.287. The second-order valence-corrected chi connectivity index (χ2v) is 6.45. The number of hydrogen-bond acceptors (Lipinski definition) is 3. The molecule has 0 aliphatic heterocycles. The van der Waals surface area contributed by atoms with Gasteiger partial charge < -0.3 is 5.11 Å². The Morgan fingerprint density at radius 2 is 2.06 bits per heavy atom. The maximum atomic E-state index is 11.6. The van der Waals surface area contributed by atoms with E-state index in [-0.39, 0.29) is 12.4 Å². The number of unbranched alkanes of at least 4 members (excludes halogenated alkanes) is 1. The Kier molecular flexibility index (Phi) is 5.50. The first-order valence-electron chi connectivity index (χ1n) is 4.90. The average Bonchev–Trinajstić information content (AvgIpc) is 2.17. The molecule has 1 aromatic rings. The normalized spacial score (nSPS) is 11.4. The van der Waals surface area contributed by atoms with Gasteiger partial charge in [-0.25, -0.2) is 8.42 Å². The summed E-state index contributed by atoms with van der Waals surface area (Å²) in [5.41, 5.74) is 0.580. The summed E-state index contributed by atoms with van der Waals surface area (Å²) in [6.45, 7) is 0.0265. The number of benzene rings is 1. The van der Waals surface area contributed by atoms with Gasteiger partial charge in [-0.3, -0.25) is 4.72 Å². The van der Waals surface area contributed by atoms with E-state index in [0.29, 0.717) is 18.5 Å². The highest BCUT2D eigenvalue weighted by Crippen LogP contribution is 2.14. The van der Waals surface area contributed by atoms with Crippen molar-refractivity contribution in [1.29, 1.82) is 0 Å². The van der Waals surface area contributed by atoms with E-state index in [9.17, 15) is 8.42 Å². The molecule has 0 amide bonds. The first kappa shape index (κ1) is 13.7. The Morgan fingerprint density at radius 3 is 2.69 bits per heavy atom. The van der Waals surface area contributed by atoms with Crippen molar-refractivity contribution < 1.29 is 13.5 Å². The van der Waals surface area contributed by atoms with Crippen LogP contribution in [-0.4, -0.2) is 25.9 Å². The summed E-state index contributed by atoms with van der Waals surface area (Å²) in [6.07, 6.45) is 0.975. The molecule has 0 unspecified atom stereocenters.